The molecule has 7 nitrogen and oxygen atoms in total. The number of amides is 1. The van der Waals surface area contributed by atoms with E-state index in [2.05, 4.69) is 31.0 Å². The van der Waals surface area contributed by atoms with Crippen LogP contribution >= 0.6 is 15.9 Å². The van der Waals surface area contributed by atoms with Crippen LogP contribution in [0, 0.1) is 6.92 Å². The van der Waals surface area contributed by atoms with Crippen LogP contribution in [0.2, 0.25) is 0 Å². The number of hydrogen-bond acceptors (Lipinski definition) is 5. The zero-order valence-corrected chi connectivity index (χ0v) is 17.3. The van der Waals surface area contributed by atoms with Crippen LogP contribution in [-0.2, 0) is 13.6 Å². The van der Waals surface area contributed by atoms with Crippen molar-refractivity contribution in [3.8, 4) is 0 Å². The number of hydrogen-bond donors (Lipinski definition) is 1. The number of nitrogens with zero attached hydrogens (tertiary/aromatic N) is 5. The maximum Gasteiger partial charge on any atom is 0.261 e. The minimum absolute atomic E-state index is 0.167. The van der Waals surface area contributed by atoms with Crippen molar-refractivity contribution in [3.63, 3.8) is 0 Å². The van der Waals surface area contributed by atoms with E-state index in [0.717, 1.165) is 40.1 Å². The zero-order valence-electron chi connectivity index (χ0n) is 15.8. The highest BCUT2D eigenvalue weighted by molar-refractivity contribution is 9.10. The Kier molecular flexibility index (Phi) is 4.89. The molecule has 1 aliphatic carbocycles. The molecule has 1 aromatic carbocycles. The van der Waals surface area contributed by atoms with Crippen LogP contribution < -0.4 is 10.6 Å². The second-order valence-electron chi connectivity index (χ2n) is 7.12. The highest BCUT2D eigenvalue weighted by atomic mass is 79.9. The summed E-state index contributed by atoms with van der Waals surface area (Å²) in [6, 6.07) is 5.69. The number of aromatic nitrogens is 4. The molecule has 2 aromatic heterocycles. The molecule has 0 atom stereocenters. The molecule has 2 N–H and O–H groups in total. The Hall–Kier alpha value is -2.74. The van der Waals surface area contributed by atoms with Crippen LogP contribution in [-0.4, -0.2) is 25.7 Å². The molecule has 1 saturated carbocycles. The van der Waals surface area contributed by atoms with Gasteiger partial charge >= 0.3 is 0 Å². The molecule has 0 unspecified atom stereocenters. The predicted molar refractivity (Wildman–Crippen MR) is 111 cm³/mol. The van der Waals surface area contributed by atoms with Crippen molar-refractivity contribution in [2.75, 3.05) is 10.6 Å². The van der Waals surface area contributed by atoms with Crippen LogP contribution in [0.4, 0.5) is 11.4 Å². The molecule has 1 fully saturated rings. The largest absolute Gasteiger partial charge is 0.398 e. The molecule has 1 aliphatic rings. The number of nitrogens with two attached hydrogens (primary N) is 1. The smallest absolute Gasteiger partial charge is 0.261 e. The first-order valence-corrected chi connectivity index (χ1v) is 9.89. The van der Waals surface area contributed by atoms with Gasteiger partial charge in [0.15, 0.2) is 0 Å². The van der Waals surface area contributed by atoms with Gasteiger partial charge in [0.1, 0.15) is 5.82 Å². The molecule has 2 heterocycles. The Morgan fingerprint density at radius 3 is 2.61 bits per heavy atom. The molecule has 1 amide bonds. The second kappa shape index (κ2) is 7.35. The van der Waals surface area contributed by atoms with E-state index >= 15 is 0 Å². The summed E-state index contributed by atoms with van der Waals surface area (Å²) in [5, 5.41) is 4.39. The fraction of sp³-hybridized carbons (Fsp3) is 0.300. The molecule has 28 heavy (non-hydrogen) atoms. The van der Waals surface area contributed by atoms with E-state index < -0.39 is 0 Å². The number of aryl methyl sites for hydroxylation is 2. The van der Waals surface area contributed by atoms with Crippen molar-refractivity contribution in [2.45, 2.75) is 32.2 Å². The Bertz CT molecular complexity index is 1030. The Labute approximate surface area is 171 Å². The van der Waals surface area contributed by atoms with Crippen molar-refractivity contribution in [1.29, 1.82) is 0 Å². The maximum absolute atomic E-state index is 13.3. The van der Waals surface area contributed by atoms with Crippen molar-refractivity contribution in [1.82, 2.24) is 19.7 Å². The topological polar surface area (TPSA) is 89.9 Å². The fourth-order valence-corrected chi connectivity index (χ4v) is 3.40. The first-order valence-electron chi connectivity index (χ1n) is 9.10. The summed E-state index contributed by atoms with van der Waals surface area (Å²) >= 11 is 3.41. The number of anilines is 2. The van der Waals surface area contributed by atoms with E-state index in [1.54, 1.807) is 22.0 Å². The second-order valence-corrected chi connectivity index (χ2v) is 7.98. The zero-order chi connectivity index (χ0) is 19.8. The lowest BCUT2D eigenvalue weighted by atomic mass is 10.1. The number of benzene rings is 1. The quantitative estimate of drug-likeness (QED) is 0.612. The van der Waals surface area contributed by atoms with E-state index in [4.69, 9.17) is 5.73 Å². The first kappa shape index (κ1) is 18.6. The third-order valence-corrected chi connectivity index (χ3v) is 5.51. The summed E-state index contributed by atoms with van der Waals surface area (Å²) in [6.07, 6.45) is 7.34. The highest BCUT2D eigenvalue weighted by Crippen LogP contribution is 2.37. The average Bonchev–Trinajstić information content (AvgIpc) is 3.47. The van der Waals surface area contributed by atoms with Gasteiger partial charge in [0.25, 0.3) is 5.91 Å². The maximum atomic E-state index is 13.3. The lowest BCUT2D eigenvalue weighted by molar-refractivity contribution is 0.0984. The van der Waals surface area contributed by atoms with Gasteiger partial charge in [-0.25, -0.2) is 9.97 Å². The molecule has 8 heteroatoms. The van der Waals surface area contributed by atoms with E-state index in [-0.39, 0.29) is 5.91 Å². The molecule has 4 rings (SSSR count). The van der Waals surface area contributed by atoms with Gasteiger partial charge in [-0.15, -0.1) is 0 Å². The van der Waals surface area contributed by atoms with E-state index in [0.29, 0.717) is 23.7 Å². The van der Waals surface area contributed by atoms with Gasteiger partial charge in [-0.2, -0.15) is 5.10 Å². The van der Waals surface area contributed by atoms with E-state index in [9.17, 15) is 4.79 Å². The molecular weight excluding hydrogens is 420 g/mol. The van der Waals surface area contributed by atoms with Gasteiger partial charge in [-0.05, 0) is 53.4 Å². The van der Waals surface area contributed by atoms with Gasteiger partial charge in [0.05, 0.1) is 23.5 Å². The van der Waals surface area contributed by atoms with Crippen molar-refractivity contribution >= 4 is 33.2 Å². The SMILES string of the molecule is Cc1nn(C)cc1N(Cc1ccc(Br)c(N)c1)C(=O)c1cnc(C2CC2)nc1. The molecular formula is C20H21BrN6O. The molecule has 3 aromatic rings. The van der Waals surface area contributed by atoms with Crippen molar-refractivity contribution in [3.05, 3.63) is 63.9 Å². The number of carbonyl (C=O) groups is 1. The summed E-state index contributed by atoms with van der Waals surface area (Å²) in [5.74, 6) is 1.10. The minimum atomic E-state index is -0.167. The van der Waals surface area contributed by atoms with Crippen LogP contribution in [0.15, 0.2) is 41.3 Å². The number of carbonyl (C=O) groups excluding carboxylic acids is 1. The van der Waals surface area contributed by atoms with Crippen LogP contribution in [0.3, 0.4) is 0 Å². The van der Waals surface area contributed by atoms with Crippen LogP contribution in [0.5, 0.6) is 0 Å². The molecule has 0 saturated heterocycles. The van der Waals surface area contributed by atoms with Gasteiger partial charge in [-0.3, -0.25) is 9.48 Å². The average molecular weight is 441 g/mol. The van der Waals surface area contributed by atoms with E-state index in [1.165, 1.54) is 0 Å². The third-order valence-electron chi connectivity index (χ3n) is 4.79. The van der Waals surface area contributed by atoms with Gasteiger partial charge in [0.2, 0.25) is 0 Å². The number of rotatable bonds is 5. The molecule has 144 valence electrons. The summed E-state index contributed by atoms with van der Waals surface area (Å²) < 4.78 is 2.53. The summed E-state index contributed by atoms with van der Waals surface area (Å²) in [7, 11) is 1.84. The lowest BCUT2D eigenvalue weighted by Gasteiger charge is -2.22. The van der Waals surface area contributed by atoms with Crippen molar-refractivity contribution < 1.29 is 4.79 Å². The third kappa shape index (κ3) is 3.77. The summed E-state index contributed by atoms with van der Waals surface area (Å²) in [5.41, 5.74) is 9.55. The van der Waals surface area contributed by atoms with Gasteiger partial charge < -0.3 is 10.6 Å². The standard InChI is InChI=1S/C20H21BrN6O/c1-12-18(11-26(2)25-12)27(10-13-3-6-16(21)17(22)7-13)20(28)15-8-23-19(24-9-15)14-4-5-14/h3,6-9,11,14H,4-5,10,22H2,1-2H3. The normalized spacial score (nSPS) is 13.5. The van der Waals surface area contributed by atoms with Crippen molar-refractivity contribution in [2.24, 2.45) is 7.05 Å². The Morgan fingerprint density at radius 1 is 1.32 bits per heavy atom. The molecule has 0 bridgehead atoms. The summed E-state index contributed by atoms with van der Waals surface area (Å²) in [6.45, 7) is 2.26. The first-order chi connectivity index (χ1) is 13.4. The molecule has 0 spiro atoms. The Balaban J connectivity index is 1.68. The monoisotopic (exact) mass is 440 g/mol. The number of halogens is 1. The van der Waals surface area contributed by atoms with Gasteiger partial charge in [0, 0.05) is 41.7 Å². The van der Waals surface area contributed by atoms with Gasteiger partial charge in [-0.1, -0.05) is 6.07 Å². The minimum Gasteiger partial charge on any atom is -0.398 e. The molecule has 0 aliphatic heterocycles. The predicted octanol–water partition coefficient (Wildman–Crippen LogP) is 3.59. The summed E-state index contributed by atoms with van der Waals surface area (Å²) in [4.78, 5) is 23.8. The fourth-order valence-electron chi connectivity index (χ4n) is 3.15. The number of nitrogen functional groups attached to an aromatic ring is 1. The molecule has 0 radical (unpaired) electrons. The Morgan fingerprint density at radius 2 is 2.04 bits per heavy atom. The lowest BCUT2D eigenvalue weighted by Crippen LogP contribution is -2.31. The van der Waals surface area contributed by atoms with E-state index in [1.807, 2.05) is 38.4 Å². The highest BCUT2D eigenvalue weighted by Gasteiger charge is 2.27. The van der Waals surface area contributed by atoms with Crippen LogP contribution in [0.1, 0.15) is 46.2 Å². The van der Waals surface area contributed by atoms with Crippen LogP contribution in [0.25, 0.3) is 0 Å².